The summed E-state index contributed by atoms with van der Waals surface area (Å²) >= 11 is 0. The Balaban J connectivity index is 2.79. The first-order chi connectivity index (χ1) is 3.30. The number of hydrogen-bond donors (Lipinski definition) is 0. The van der Waals surface area contributed by atoms with Gasteiger partial charge in [0.05, 0.1) is 0 Å². The van der Waals surface area contributed by atoms with E-state index in [0.717, 1.165) is 6.42 Å². The molecule has 0 atom stereocenters. The zero-order chi connectivity index (χ0) is 5.28. The monoisotopic (exact) mass is 93.1 g/mol. The van der Waals surface area contributed by atoms with E-state index in [0.29, 0.717) is 0 Å². The number of hydrogen-bond acceptors (Lipinski definition) is 0. The Kier molecular flexibility index (Phi) is 1.01. The fourth-order valence-electron chi connectivity index (χ4n) is 0.620. The maximum atomic E-state index is 3.12. The first kappa shape index (κ1) is 4.63. The molecule has 1 aliphatic rings. The van der Waals surface area contributed by atoms with Crippen molar-refractivity contribution in [3.05, 3.63) is 23.3 Å². The highest BCUT2D eigenvalue weighted by Crippen LogP contribution is 2.15. The van der Waals surface area contributed by atoms with Crippen molar-refractivity contribution in [2.24, 2.45) is 0 Å². The zero-order valence-corrected chi connectivity index (χ0v) is 4.78. The Bertz CT molecular complexity index is 127. The molecule has 1 aliphatic carbocycles. The van der Waals surface area contributed by atoms with Crippen LogP contribution in [-0.2, 0) is 0 Å². The Morgan fingerprint density at radius 2 is 2.29 bits per heavy atom. The second-order valence-electron chi connectivity index (χ2n) is 1.99. The molecular formula is C7H9. The van der Waals surface area contributed by atoms with Crippen LogP contribution >= 0.6 is 0 Å². The summed E-state index contributed by atoms with van der Waals surface area (Å²) in [4.78, 5) is 0. The van der Waals surface area contributed by atoms with Crippen LogP contribution in [-0.4, -0.2) is 0 Å². The molecule has 0 bridgehead atoms. The standard InChI is InChI=1S/C7H9/c1-6-4-3-5-7(6)2/h4H,5H2,1-2H3. The summed E-state index contributed by atoms with van der Waals surface area (Å²) in [7, 11) is 0. The first-order valence-electron chi connectivity index (χ1n) is 2.53. The van der Waals surface area contributed by atoms with Crippen molar-refractivity contribution >= 4 is 0 Å². The molecule has 0 aromatic heterocycles. The smallest absolute Gasteiger partial charge is 0.00612 e. The van der Waals surface area contributed by atoms with Crippen molar-refractivity contribution in [2.75, 3.05) is 0 Å². The average molecular weight is 93.1 g/mol. The largest absolute Gasteiger partial charge is 0.0660 e. The van der Waals surface area contributed by atoms with Gasteiger partial charge in [0.2, 0.25) is 0 Å². The van der Waals surface area contributed by atoms with Crippen molar-refractivity contribution < 1.29 is 0 Å². The summed E-state index contributed by atoms with van der Waals surface area (Å²) in [6.07, 6.45) is 6.22. The van der Waals surface area contributed by atoms with Crippen LogP contribution in [0.1, 0.15) is 20.3 Å². The predicted molar refractivity (Wildman–Crippen MR) is 30.8 cm³/mol. The molecule has 1 rings (SSSR count). The van der Waals surface area contributed by atoms with Gasteiger partial charge in [-0.2, -0.15) is 0 Å². The lowest BCUT2D eigenvalue weighted by atomic mass is 10.2. The van der Waals surface area contributed by atoms with Crippen LogP contribution in [0.15, 0.2) is 17.2 Å². The molecule has 0 aromatic carbocycles. The van der Waals surface area contributed by atoms with Crippen LogP contribution in [0.5, 0.6) is 0 Å². The van der Waals surface area contributed by atoms with Crippen molar-refractivity contribution in [1.29, 1.82) is 0 Å². The highest BCUT2D eigenvalue weighted by molar-refractivity contribution is 5.27. The van der Waals surface area contributed by atoms with Gasteiger partial charge in [-0.15, -0.1) is 0 Å². The maximum Gasteiger partial charge on any atom is -0.00612 e. The molecule has 0 unspecified atom stereocenters. The van der Waals surface area contributed by atoms with Gasteiger partial charge in [0.15, 0.2) is 0 Å². The summed E-state index contributed by atoms with van der Waals surface area (Å²) in [6.45, 7) is 4.27. The van der Waals surface area contributed by atoms with Crippen molar-refractivity contribution in [2.45, 2.75) is 20.3 Å². The minimum absolute atomic E-state index is 1.05. The highest BCUT2D eigenvalue weighted by Gasteiger charge is 1.96. The summed E-state index contributed by atoms with van der Waals surface area (Å²) in [6, 6.07) is 0. The lowest BCUT2D eigenvalue weighted by Crippen LogP contribution is -1.67. The molecule has 0 saturated heterocycles. The minimum atomic E-state index is 1.05. The normalized spacial score (nSPS) is 19.1. The van der Waals surface area contributed by atoms with E-state index in [-0.39, 0.29) is 0 Å². The Morgan fingerprint density at radius 1 is 1.57 bits per heavy atom. The average Bonchev–Trinajstić information content (AvgIpc) is 1.91. The van der Waals surface area contributed by atoms with Gasteiger partial charge in [-0.25, -0.2) is 0 Å². The van der Waals surface area contributed by atoms with E-state index in [4.69, 9.17) is 0 Å². The van der Waals surface area contributed by atoms with Gasteiger partial charge in [-0.3, -0.25) is 0 Å². The molecule has 0 heterocycles. The molecule has 0 heteroatoms. The van der Waals surface area contributed by atoms with E-state index in [1.807, 2.05) is 0 Å². The van der Waals surface area contributed by atoms with Gasteiger partial charge in [-0.1, -0.05) is 17.2 Å². The molecule has 0 fully saturated rings. The molecule has 0 amide bonds. The predicted octanol–water partition coefficient (Wildman–Crippen LogP) is 2.09. The lowest BCUT2D eigenvalue weighted by Gasteiger charge is -1.87. The molecule has 1 radical (unpaired) electrons. The van der Waals surface area contributed by atoms with E-state index >= 15 is 0 Å². The van der Waals surface area contributed by atoms with Crippen LogP contribution in [0.2, 0.25) is 0 Å². The summed E-state index contributed by atoms with van der Waals surface area (Å²) in [5.41, 5.74) is 2.85. The fourth-order valence-corrected chi connectivity index (χ4v) is 0.620. The van der Waals surface area contributed by atoms with E-state index < -0.39 is 0 Å². The van der Waals surface area contributed by atoms with E-state index in [2.05, 4.69) is 26.0 Å². The van der Waals surface area contributed by atoms with Crippen LogP contribution in [0.4, 0.5) is 0 Å². The summed E-state index contributed by atoms with van der Waals surface area (Å²) in [5, 5.41) is 0. The molecule has 37 valence electrons. The number of rotatable bonds is 0. The van der Waals surface area contributed by atoms with Crippen LogP contribution < -0.4 is 0 Å². The van der Waals surface area contributed by atoms with E-state index in [1.54, 1.807) is 0 Å². The summed E-state index contributed by atoms with van der Waals surface area (Å²) < 4.78 is 0. The van der Waals surface area contributed by atoms with Gasteiger partial charge in [0.25, 0.3) is 0 Å². The maximum absolute atomic E-state index is 3.12. The molecule has 0 aromatic rings. The van der Waals surface area contributed by atoms with Crippen molar-refractivity contribution in [1.82, 2.24) is 0 Å². The Labute approximate surface area is 44.5 Å². The molecule has 0 N–H and O–H groups in total. The molecular weight excluding hydrogens is 84.1 g/mol. The van der Waals surface area contributed by atoms with Gasteiger partial charge in [0, 0.05) is 0 Å². The highest BCUT2D eigenvalue weighted by atomic mass is 14.0. The Hall–Kier alpha value is -0.520. The molecule has 7 heavy (non-hydrogen) atoms. The van der Waals surface area contributed by atoms with Crippen LogP contribution in [0.25, 0.3) is 0 Å². The molecule has 0 nitrogen and oxygen atoms in total. The quantitative estimate of drug-likeness (QED) is 0.430. The third-order valence-corrected chi connectivity index (χ3v) is 1.36. The fraction of sp³-hybridized carbons (Fsp3) is 0.429. The lowest BCUT2D eigenvalue weighted by molar-refractivity contribution is 1.20. The van der Waals surface area contributed by atoms with Crippen molar-refractivity contribution in [3.8, 4) is 0 Å². The molecule has 0 spiro atoms. The van der Waals surface area contributed by atoms with Gasteiger partial charge in [0.1, 0.15) is 0 Å². The Morgan fingerprint density at radius 3 is 2.43 bits per heavy atom. The second-order valence-corrected chi connectivity index (χ2v) is 1.99. The number of allylic oxidation sites excluding steroid dienone is 4. The first-order valence-corrected chi connectivity index (χ1v) is 2.53. The van der Waals surface area contributed by atoms with Gasteiger partial charge >= 0.3 is 0 Å². The minimum Gasteiger partial charge on any atom is -0.0660 e. The molecule has 0 aliphatic heterocycles. The third-order valence-electron chi connectivity index (χ3n) is 1.36. The van der Waals surface area contributed by atoms with Crippen LogP contribution in [0, 0.1) is 6.08 Å². The SMILES string of the molecule is CC1=C(C)C[C]=C1. The van der Waals surface area contributed by atoms with E-state index in [1.165, 1.54) is 11.1 Å². The molecule has 0 saturated carbocycles. The van der Waals surface area contributed by atoms with Crippen LogP contribution in [0.3, 0.4) is 0 Å². The van der Waals surface area contributed by atoms with E-state index in [9.17, 15) is 0 Å². The zero-order valence-electron chi connectivity index (χ0n) is 4.78. The third kappa shape index (κ3) is 0.738. The topological polar surface area (TPSA) is 0 Å². The second kappa shape index (κ2) is 1.53. The van der Waals surface area contributed by atoms with Gasteiger partial charge < -0.3 is 0 Å². The van der Waals surface area contributed by atoms with Gasteiger partial charge in [-0.05, 0) is 26.3 Å². The summed E-state index contributed by atoms with van der Waals surface area (Å²) in [5.74, 6) is 0. The van der Waals surface area contributed by atoms with Crippen molar-refractivity contribution in [3.63, 3.8) is 0 Å².